The van der Waals surface area contributed by atoms with Gasteiger partial charge in [-0.2, -0.15) is 0 Å². The average molecular weight is 427 g/mol. The smallest absolute Gasteiger partial charge is 0.337 e. The maximum atomic E-state index is 11.5. The van der Waals surface area contributed by atoms with Crippen molar-refractivity contribution in [3.63, 3.8) is 0 Å². The molecule has 32 heavy (non-hydrogen) atoms. The van der Waals surface area contributed by atoms with E-state index in [1.165, 1.54) is 18.1 Å². The second-order valence-corrected chi connectivity index (χ2v) is 7.75. The predicted molar refractivity (Wildman–Crippen MR) is 127 cm³/mol. The molecule has 4 aromatic rings. The summed E-state index contributed by atoms with van der Waals surface area (Å²) < 4.78 is 14.6. The lowest BCUT2D eigenvalue weighted by Crippen LogP contribution is -2.25. The number of nitrogens with one attached hydrogen (secondary N) is 1. The van der Waals surface area contributed by atoms with E-state index in [1.54, 1.807) is 24.3 Å². The van der Waals surface area contributed by atoms with Crippen molar-refractivity contribution >= 4 is 30.3 Å². The van der Waals surface area contributed by atoms with Crippen LogP contribution in [0.3, 0.4) is 0 Å². The summed E-state index contributed by atoms with van der Waals surface area (Å²) in [7, 11) is 3.44. The van der Waals surface area contributed by atoms with Crippen LogP contribution in [0.4, 0.5) is 0 Å². The monoisotopic (exact) mass is 427 g/mol. The number of ether oxygens (including phenoxy) is 2. The molecule has 0 saturated carbocycles. The third kappa shape index (κ3) is 4.62. The Hall–Kier alpha value is -3.74. The van der Waals surface area contributed by atoms with Gasteiger partial charge in [-0.05, 0) is 48.4 Å². The summed E-state index contributed by atoms with van der Waals surface area (Å²) in [5.74, 6) is 0.341. The number of esters is 1. The SMILES string of the molecule is Bc1ccc(Cn2c(=N)n(CCCOc3ccc(C(=O)OC)cc3)c3ccccc32)cc1. The number of aryl methyl sites for hydroxylation is 1. The maximum absolute atomic E-state index is 11.5. The number of fused-ring (bicyclic) bond motifs is 1. The lowest BCUT2D eigenvalue weighted by Gasteiger charge is -2.08. The van der Waals surface area contributed by atoms with Crippen molar-refractivity contribution in [1.29, 1.82) is 5.41 Å². The first-order chi connectivity index (χ1) is 15.6. The molecule has 0 amide bonds. The molecule has 0 aliphatic rings. The Balaban J connectivity index is 1.45. The van der Waals surface area contributed by atoms with Gasteiger partial charge in [-0.3, -0.25) is 5.41 Å². The Kier molecular flexibility index (Phi) is 6.45. The summed E-state index contributed by atoms with van der Waals surface area (Å²) in [4.78, 5) is 11.5. The lowest BCUT2D eigenvalue weighted by molar-refractivity contribution is 0.0600. The van der Waals surface area contributed by atoms with Gasteiger partial charge in [-0.25, -0.2) is 4.79 Å². The molecule has 0 bridgehead atoms. The second-order valence-electron chi connectivity index (χ2n) is 7.75. The molecule has 0 aliphatic heterocycles. The second kappa shape index (κ2) is 9.60. The molecule has 0 radical (unpaired) electrons. The molecular weight excluding hydrogens is 401 g/mol. The average Bonchev–Trinajstić information content (AvgIpc) is 3.09. The van der Waals surface area contributed by atoms with Gasteiger partial charge >= 0.3 is 5.97 Å². The maximum Gasteiger partial charge on any atom is 0.337 e. The Morgan fingerprint density at radius 2 is 1.59 bits per heavy atom. The largest absolute Gasteiger partial charge is 0.494 e. The zero-order chi connectivity index (χ0) is 22.5. The van der Waals surface area contributed by atoms with E-state index in [2.05, 4.69) is 44.2 Å². The van der Waals surface area contributed by atoms with E-state index >= 15 is 0 Å². The van der Waals surface area contributed by atoms with E-state index in [0.717, 1.165) is 17.5 Å². The fraction of sp³-hybridized carbons (Fsp3) is 0.200. The standard InChI is InChI=1S/C25H26BN3O3/c1-31-24(30)19-9-13-21(14-10-19)32-16-4-15-28-22-5-2-3-6-23(22)29(25(28)27)17-18-7-11-20(26)12-8-18/h2-3,5-14,27H,4,15-17,26H2,1H3. The summed E-state index contributed by atoms with van der Waals surface area (Å²) in [6.45, 7) is 1.86. The highest BCUT2D eigenvalue weighted by Gasteiger charge is 2.11. The molecule has 1 heterocycles. The number of para-hydroxylation sites is 2. The summed E-state index contributed by atoms with van der Waals surface area (Å²) in [5.41, 5.74) is 5.48. The third-order valence-corrected chi connectivity index (χ3v) is 5.51. The van der Waals surface area contributed by atoms with Crippen LogP contribution in [0.25, 0.3) is 11.0 Å². The predicted octanol–water partition coefficient (Wildman–Crippen LogP) is 2.48. The lowest BCUT2D eigenvalue weighted by atomic mass is 9.95. The molecule has 0 fully saturated rings. The van der Waals surface area contributed by atoms with Crippen LogP contribution < -0.4 is 15.8 Å². The molecule has 7 heteroatoms. The molecule has 1 N–H and O–H groups in total. The number of nitrogens with zero attached hydrogens (tertiary/aromatic N) is 2. The van der Waals surface area contributed by atoms with Gasteiger partial charge in [0.15, 0.2) is 0 Å². The third-order valence-electron chi connectivity index (χ3n) is 5.51. The number of hydrogen-bond donors (Lipinski definition) is 1. The highest BCUT2D eigenvalue weighted by molar-refractivity contribution is 6.32. The molecule has 0 aliphatic carbocycles. The molecule has 162 valence electrons. The Labute approximate surface area is 187 Å². The van der Waals surface area contributed by atoms with Gasteiger partial charge in [0.25, 0.3) is 0 Å². The molecule has 0 unspecified atom stereocenters. The Morgan fingerprint density at radius 3 is 2.25 bits per heavy atom. The number of benzene rings is 3. The number of rotatable bonds is 8. The van der Waals surface area contributed by atoms with E-state index in [0.29, 0.717) is 36.6 Å². The molecule has 6 nitrogen and oxygen atoms in total. The summed E-state index contributed by atoms with van der Waals surface area (Å²) in [6.07, 6.45) is 0.758. The molecule has 1 aromatic heterocycles. The molecule has 4 rings (SSSR count). The van der Waals surface area contributed by atoms with Crippen molar-refractivity contribution < 1.29 is 14.3 Å². The van der Waals surface area contributed by atoms with Crippen LogP contribution >= 0.6 is 0 Å². The van der Waals surface area contributed by atoms with E-state index in [1.807, 2.05) is 21.3 Å². The number of hydrogen-bond acceptors (Lipinski definition) is 4. The summed E-state index contributed by atoms with van der Waals surface area (Å²) >= 11 is 0. The van der Waals surface area contributed by atoms with E-state index < -0.39 is 0 Å². The van der Waals surface area contributed by atoms with E-state index in [9.17, 15) is 4.79 Å². The molecule has 3 aromatic carbocycles. The van der Waals surface area contributed by atoms with Gasteiger partial charge in [-0.15, -0.1) is 0 Å². The molecule has 0 atom stereocenters. The van der Waals surface area contributed by atoms with Crippen molar-refractivity contribution in [1.82, 2.24) is 9.13 Å². The van der Waals surface area contributed by atoms with Crippen LogP contribution in [0.5, 0.6) is 5.75 Å². The minimum atomic E-state index is -0.363. The van der Waals surface area contributed by atoms with Gasteiger partial charge in [0.1, 0.15) is 13.6 Å². The number of aromatic nitrogens is 2. The minimum Gasteiger partial charge on any atom is -0.494 e. The van der Waals surface area contributed by atoms with Gasteiger partial charge in [0.2, 0.25) is 5.62 Å². The Bertz CT molecular complexity index is 1270. The quantitative estimate of drug-likeness (QED) is 0.267. The Morgan fingerprint density at radius 1 is 0.938 bits per heavy atom. The van der Waals surface area contributed by atoms with Crippen molar-refractivity contribution in [2.75, 3.05) is 13.7 Å². The first-order valence-corrected chi connectivity index (χ1v) is 10.7. The highest BCUT2D eigenvalue weighted by atomic mass is 16.5. The number of imidazole rings is 1. The number of methoxy groups -OCH3 is 1. The van der Waals surface area contributed by atoms with Crippen LogP contribution in [-0.4, -0.2) is 36.7 Å². The van der Waals surface area contributed by atoms with Crippen LogP contribution in [-0.2, 0) is 17.8 Å². The van der Waals surface area contributed by atoms with E-state index in [-0.39, 0.29) is 5.97 Å². The van der Waals surface area contributed by atoms with Gasteiger partial charge in [0, 0.05) is 6.54 Å². The molecular formula is C25H26BN3O3. The van der Waals surface area contributed by atoms with Crippen LogP contribution in [0.15, 0.2) is 72.8 Å². The van der Waals surface area contributed by atoms with Crippen molar-refractivity contribution in [3.8, 4) is 5.75 Å². The zero-order valence-corrected chi connectivity index (χ0v) is 18.4. The fourth-order valence-electron chi connectivity index (χ4n) is 3.77. The highest BCUT2D eigenvalue weighted by Crippen LogP contribution is 2.16. The first-order valence-electron chi connectivity index (χ1n) is 10.7. The van der Waals surface area contributed by atoms with Gasteiger partial charge in [0.05, 0.1) is 36.9 Å². The van der Waals surface area contributed by atoms with Crippen LogP contribution in [0, 0.1) is 5.41 Å². The minimum absolute atomic E-state index is 0.363. The van der Waals surface area contributed by atoms with Gasteiger partial charge in [-0.1, -0.05) is 41.9 Å². The van der Waals surface area contributed by atoms with Crippen LogP contribution in [0.2, 0.25) is 0 Å². The van der Waals surface area contributed by atoms with Crippen molar-refractivity contribution in [2.45, 2.75) is 19.5 Å². The van der Waals surface area contributed by atoms with Crippen LogP contribution in [0.1, 0.15) is 22.3 Å². The summed E-state index contributed by atoms with van der Waals surface area (Å²) in [5, 5.41) is 8.79. The number of carbonyl (C=O) groups excluding carboxylic acids is 1. The molecule has 0 spiro atoms. The van der Waals surface area contributed by atoms with Gasteiger partial charge < -0.3 is 18.6 Å². The molecule has 0 saturated heterocycles. The normalized spacial score (nSPS) is 10.9. The number of carbonyl (C=O) groups is 1. The fourth-order valence-corrected chi connectivity index (χ4v) is 3.77. The zero-order valence-electron chi connectivity index (χ0n) is 18.4. The summed E-state index contributed by atoms with van der Waals surface area (Å²) in [6, 6.07) is 23.5. The van der Waals surface area contributed by atoms with Crippen molar-refractivity contribution in [3.05, 3.63) is 89.5 Å². The first kappa shape index (κ1) is 21.5. The topological polar surface area (TPSA) is 69.2 Å². The van der Waals surface area contributed by atoms with Crippen molar-refractivity contribution in [2.24, 2.45) is 0 Å². The van der Waals surface area contributed by atoms with E-state index in [4.69, 9.17) is 14.9 Å².